The number of hydrogen-bond acceptors (Lipinski definition) is 6. The van der Waals surface area contributed by atoms with Crippen molar-refractivity contribution in [1.82, 2.24) is 5.32 Å². The maximum Gasteiger partial charge on any atom is 0.280 e. The molecule has 21 heavy (non-hydrogen) atoms. The Kier molecular flexibility index (Phi) is 5.30. The predicted octanol–water partition coefficient (Wildman–Crippen LogP) is 1.10. The lowest BCUT2D eigenvalue weighted by atomic mass is 10.0. The largest absolute Gasteiger partial charge is 0.368 e. The number of carbonyl (C=O) groups excluding carboxylic acids is 1. The number of rotatable bonds is 7. The molecule has 1 unspecified atom stereocenters. The van der Waals surface area contributed by atoms with Crippen molar-refractivity contribution in [3.8, 4) is 0 Å². The molecule has 0 aliphatic heterocycles. The topological polar surface area (TPSA) is 141 Å². The Labute approximate surface area is 120 Å². The fourth-order valence-electron chi connectivity index (χ4n) is 1.87. The van der Waals surface area contributed by atoms with E-state index < -0.39 is 21.8 Å². The van der Waals surface area contributed by atoms with Crippen molar-refractivity contribution in [2.45, 2.75) is 26.4 Å². The lowest BCUT2D eigenvalue weighted by molar-refractivity contribution is -0.394. The van der Waals surface area contributed by atoms with Crippen molar-refractivity contribution < 1.29 is 14.6 Å². The summed E-state index contributed by atoms with van der Waals surface area (Å²) in [4.78, 5) is 31.5. The van der Waals surface area contributed by atoms with Crippen LogP contribution < -0.4 is 11.1 Å². The molecule has 9 nitrogen and oxygen atoms in total. The fourth-order valence-corrected chi connectivity index (χ4v) is 1.87. The van der Waals surface area contributed by atoms with E-state index in [1.54, 1.807) is 13.8 Å². The van der Waals surface area contributed by atoms with E-state index in [4.69, 9.17) is 5.73 Å². The summed E-state index contributed by atoms with van der Waals surface area (Å²) >= 11 is 0. The van der Waals surface area contributed by atoms with Gasteiger partial charge in [-0.2, -0.15) is 0 Å². The molecule has 3 N–H and O–H groups in total. The molecule has 0 fully saturated rings. The quantitative estimate of drug-likeness (QED) is 0.570. The van der Waals surface area contributed by atoms with E-state index in [1.807, 2.05) is 0 Å². The van der Waals surface area contributed by atoms with E-state index in [-0.39, 0.29) is 29.4 Å². The maximum absolute atomic E-state index is 11.3. The van der Waals surface area contributed by atoms with Gasteiger partial charge in [0.2, 0.25) is 5.91 Å². The van der Waals surface area contributed by atoms with E-state index in [2.05, 4.69) is 5.32 Å². The zero-order chi connectivity index (χ0) is 16.2. The number of nitro groups is 2. The summed E-state index contributed by atoms with van der Waals surface area (Å²) in [5, 5.41) is 24.4. The van der Waals surface area contributed by atoms with E-state index in [9.17, 15) is 25.0 Å². The number of nitrogens with zero attached hydrogens (tertiary/aromatic N) is 2. The highest BCUT2D eigenvalue weighted by molar-refractivity contribution is 5.80. The normalized spacial score (nSPS) is 12.1. The Bertz CT molecular complexity index is 573. The number of nitrogens with one attached hydrogen (secondary N) is 1. The number of nitrogens with two attached hydrogens (primary N) is 1. The van der Waals surface area contributed by atoms with Crippen molar-refractivity contribution in [2.75, 3.05) is 0 Å². The van der Waals surface area contributed by atoms with Crippen LogP contribution in [0.15, 0.2) is 18.2 Å². The minimum atomic E-state index is -0.704. The van der Waals surface area contributed by atoms with Gasteiger partial charge in [-0.25, -0.2) is 0 Å². The van der Waals surface area contributed by atoms with E-state index in [0.717, 1.165) is 6.07 Å². The second-order valence-corrected chi connectivity index (χ2v) is 4.83. The predicted molar refractivity (Wildman–Crippen MR) is 74.4 cm³/mol. The third kappa shape index (κ3) is 4.21. The number of non-ortho nitro benzene ring substituents is 1. The van der Waals surface area contributed by atoms with Gasteiger partial charge in [0.1, 0.15) is 0 Å². The van der Waals surface area contributed by atoms with E-state index in [0.29, 0.717) is 0 Å². The molecule has 0 saturated heterocycles. The van der Waals surface area contributed by atoms with E-state index in [1.165, 1.54) is 12.1 Å². The summed E-state index contributed by atoms with van der Waals surface area (Å²) in [5.41, 5.74) is 4.75. The summed E-state index contributed by atoms with van der Waals surface area (Å²) < 4.78 is 0. The number of hydrogen-bond donors (Lipinski definition) is 2. The molecule has 0 aromatic heterocycles. The van der Waals surface area contributed by atoms with E-state index >= 15 is 0 Å². The van der Waals surface area contributed by atoms with Crippen LogP contribution in [-0.2, 0) is 11.3 Å². The average molecular weight is 296 g/mol. The molecule has 1 rings (SSSR count). The van der Waals surface area contributed by atoms with Gasteiger partial charge in [-0.15, -0.1) is 0 Å². The molecule has 1 aromatic carbocycles. The van der Waals surface area contributed by atoms with Crippen LogP contribution in [-0.4, -0.2) is 21.8 Å². The number of amides is 1. The van der Waals surface area contributed by atoms with Crippen molar-refractivity contribution in [1.29, 1.82) is 0 Å². The van der Waals surface area contributed by atoms with Crippen molar-refractivity contribution in [3.05, 3.63) is 44.0 Å². The van der Waals surface area contributed by atoms with Gasteiger partial charge in [-0.05, 0) is 12.0 Å². The first-order valence-corrected chi connectivity index (χ1v) is 6.18. The zero-order valence-electron chi connectivity index (χ0n) is 11.6. The monoisotopic (exact) mass is 296 g/mol. The molecule has 0 aliphatic rings. The molecule has 0 radical (unpaired) electrons. The van der Waals surface area contributed by atoms with Crippen LogP contribution in [0.3, 0.4) is 0 Å². The molecule has 0 spiro atoms. The number of primary amides is 1. The summed E-state index contributed by atoms with van der Waals surface area (Å²) in [7, 11) is 0. The van der Waals surface area contributed by atoms with Gasteiger partial charge in [0, 0.05) is 18.2 Å². The van der Waals surface area contributed by atoms with Crippen molar-refractivity contribution >= 4 is 17.3 Å². The number of carbonyl (C=O) groups is 1. The molecule has 0 bridgehead atoms. The number of nitro benzene ring substituents is 2. The zero-order valence-corrected chi connectivity index (χ0v) is 11.6. The standard InChI is InChI=1S/C12H16N4O5/c1-7(2)11(12(13)17)14-6-8-3-4-9(15(18)19)5-10(8)16(20)21/h3-5,7,11,14H,6H2,1-2H3,(H2,13,17). The lowest BCUT2D eigenvalue weighted by Gasteiger charge is -2.18. The van der Waals surface area contributed by atoms with Crippen LogP contribution in [0.1, 0.15) is 19.4 Å². The Morgan fingerprint density at radius 2 is 1.90 bits per heavy atom. The highest BCUT2D eigenvalue weighted by Gasteiger charge is 2.22. The highest BCUT2D eigenvalue weighted by atomic mass is 16.6. The van der Waals surface area contributed by atoms with Crippen molar-refractivity contribution in [3.63, 3.8) is 0 Å². The first kappa shape index (κ1) is 16.5. The SMILES string of the molecule is CC(C)C(NCc1ccc([N+](=O)[O-])cc1[N+](=O)[O-])C(N)=O. The van der Waals surface area contributed by atoms with Gasteiger partial charge in [-0.3, -0.25) is 25.0 Å². The third-order valence-electron chi connectivity index (χ3n) is 2.96. The molecule has 0 aliphatic carbocycles. The maximum atomic E-state index is 11.3. The Balaban J connectivity index is 3.00. The summed E-state index contributed by atoms with van der Waals surface area (Å²) in [6, 6.07) is 2.73. The Hall–Kier alpha value is -2.55. The van der Waals surface area contributed by atoms with Gasteiger partial charge in [0.15, 0.2) is 0 Å². The van der Waals surface area contributed by atoms with Crippen LogP contribution in [0.2, 0.25) is 0 Å². The molecule has 1 aromatic rings. The van der Waals surface area contributed by atoms with Gasteiger partial charge in [0.05, 0.1) is 22.0 Å². The fraction of sp³-hybridized carbons (Fsp3) is 0.417. The first-order chi connectivity index (χ1) is 9.73. The van der Waals surface area contributed by atoms with Crippen LogP contribution in [0.25, 0.3) is 0 Å². The van der Waals surface area contributed by atoms with Crippen LogP contribution in [0.5, 0.6) is 0 Å². The minimum absolute atomic E-state index is 0.0140. The third-order valence-corrected chi connectivity index (χ3v) is 2.96. The molecular formula is C12H16N4O5. The van der Waals surface area contributed by atoms with Crippen LogP contribution in [0, 0.1) is 26.1 Å². The van der Waals surface area contributed by atoms with Crippen molar-refractivity contribution in [2.24, 2.45) is 11.7 Å². The van der Waals surface area contributed by atoms with Crippen LogP contribution >= 0.6 is 0 Å². The minimum Gasteiger partial charge on any atom is -0.368 e. The first-order valence-electron chi connectivity index (χ1n) is 6.18. The molecule has 0 heterocycles. The highest BCUT2D eigenvalue weighted by Crippen LogP contribution is 2.24. The van der Waals surface area contributed by atoms with Gasteiger partial charge >= 0.3 is 0 Å². The molecule has 9 heteroatoms. The molecular weight excluding hydrogens is 280 g/mol. The summed E-state index contributed by atoms with van der Waals surface area (Å²) in [5.74, 6) is -0.644. The van der Waals surface area contributed by atoms with Gasteiger partial charge in [-0.1, -0.05) is 13.8 Å². The second kappa shape index (κ2) is 6.75. The lowest BCUT2D eigenvalue weighted by Crippen LogP contribution is -2.44. The molecule has 114 valence electrons. The molecule has 1 amide bonds. The van der Waals surface area contributed by atoms with Gasteiger partial charge in [0.25, 0.3) is 11.4 Å². The van der Waals surface area contributed by atoms with Crippen LogP contribution in [0.4, 0.5) is 11.4 Å². The summed E-state index contributed by atoms with van der Waals surface area (Å²) in [6.07, 6.45) is 0. The summed E-state index contributed by atoms with van der Waals surface area (Å²) in [6.45, 7) is 3.58. The Morgan fingerprint density at radius 1 is 1.29 bits per heavy atom. The van der Waals surface area contributed by atoms with Gasteiger partial charge < -0.3 is 11.1 Å². The smallest absolute Gasteiger partial charge is 0.280 e. The molecule has 1 atom stereocenters. The number of benzene rings is 1. The Morgan fingerprint density at radius 3 is 2.33 bits per heavy atom. The molecule has 0 saturated carbocycles. The second-order valence-electron chi connectivity index (χ2n) is 4.83. The average Bonchev–Trinajstić information content (AvgIpc) is 2.37.